The normalized spacial score (nSPS) is 17.9. The molecule has 1 aliphatic carbocycles. The zero-order valence-corrected chi connectivity index (χ0v) is 12.6. The fraction of sp³-hybridized carbons (Fsp3) is 0.733. The van der Waals surface area contributed by atoms with Crippen molar-refractivity contribution in [1.29, 1.82) is 0 Å². The summed E-state index contributed by atoms with van der Waals surface area (Å²) in [6, 6.07) is 0. The van der Waals surface area contributed by atoms with Gasteiger partial charge in [0, 0.05) is 13.7 Å². The highest BCUT2D eigenvalue weighted by atomic mass is 16.5. The van der Waals surface area contributed by atoms with Gasteiger partial charge in [-0.1, -0.05) is 19.3 Å². The quantitative estimate of drug-likeness (QED) is 0.752. The van der Waals surface area contributed by atoms with Gasteiger partial charge in [-0.25, -0.2) is 0 Å². The van der Waals surface area contributed by atoms with Crippen LogP contribution >= 0.6 is 0 Å². The zero-order chi connectivity index (χ0) is 14.5. The predicted molar refractivity (Wildman–Crippen MR) is 76.1 cm³/mol. The van der Waals surface area contributed by atoms with Crippen LogP contribution in [0.3, 0.4) is 0 Å². The molecular weight excluding hydrogens is 256 g/mol. The van der Waals surface area contributed by atoms with Crippen molar-refractivity contribution in [2.45, 2.75) is 45.1 Å². The zero-order valence-electron chi connectivity index (χ0n) is 12.6. The highest BCUT2D eigenvalue weighted by Gasteiger charge is 2.33. The van der Waals surface area contributed by atoms with Gasteiger partial charge in [-0.2, -0.15) is 5.10 Å². The molecule has 1 atom stereocenters. The average molecular weight is 280 g/mol. The van der Waals surface area contributed by atoms with Gasteiger partial charge >= 0.3 is 0 Å². The van der Waals surface area contributed by atoms with E-state index in [4.69, 9.17) is 9.47 Å². The topological polar surface area (TPSA) is 53.4 Å². The molecule has 0 spiro atoms. The highest BCUT2D eigenvalue weighted by Crippen LogP contribution is 2.31. The molecule has 0 aromatic carbocycles. The number of ketones is 1. The van der Waals surface area contributed by atoms with E-state index >= 15 is 0 Å². The van der Waals surface area contributed by atoms with Gasteiger partial charge in [-0.15, -0.1) is 0 Å². The summed E-state index contributed by atoms with van der Waals surface area (Å²) in [5, 5.41) is 4.11. The maximum absolute atomic E-state index is 12.8. The number of aromatic nitrogens is 2. The predicted octanol–water partition coefficient (Wildman–Crippen LogP) is 2.60. The number of hydrogen-bond acceptors (Lipinski definition) is 4. The lowest BCUT2D eigenvalue weighted by atomic mass is 9.83. The Kier molecular flexibility index (Phi) is 5.17. The minimum absolute atomic E-state index is 0.00407. The molecule has 0 amide bonds. The van der Waals surface area contributed by atoms with Crippen molar-refractivity contribution in [2.24, 2.45) is 13.0 Å². The van der Waals surface area contributed by atoms with Gasteiger partial charge in [-0.05, 0) is 25.7 Å². The lowest BCUT2D eigenvalue weighted by Gasteiger charge is -2.29. The first-order chi connectivity index (χ1) is 9.69. The monoisotopic (exact) mass is 280 g/mol. The summed E-state index contributed by atoms with van der Waals surface area (Å²) in [4.78, 5) is 12.8. The van der Waals surface area contributed by atoms with Crippen molar-refractivity contribution in [2.75, 3.05) is 13.7 Å². The third kappa shape index (κ3) is 3.03. The third-order valence-electron chi connectivity index (χ3n) is 4.04. The van der Waals surface area contributed by atoms with Crippen LogP contribution in [0.4, 0.5) is 0 Å². The van der Waals surface area contributed by atoms with Crippen LogP contribution in [0.15, 0.2) is 6.20 Å². The molecule has 0 saturated heterocycles. The first-order valence-corrected chi connectivity index (χ1v) is 7.40. The Morgan fingerprint density at radius 3 is 2.75 bits per heavy atom. The van der Waals surface area contributed by atoms with Gasteiger partial charge in [0.2, 0.25) is 5.78 Å². The molecule has 0 bridgehead atoms. The summed E-state index contributed by atoms with van der Waals surface area (Å²) in [6.45, 7) is 2.48. The number of methoxy groups -OCH3 is 1. The van der Waals surface area contributed by atoms with E-state index in [2.05, 4.69) is 5.10 Å². The molecule has 0 aliphatic heterocycles. The van der Waals surface area contributed by atoms with Crippen molar-refractivity contribution in [3.8, 4) is 5.75 Å². The first kappa shape index (κ1) is 15.0. The first-order valence-electron chi connectivity index (χ1n) is 7.40. The summed E-state index contributed by atoms with van der Waals surface area (Å²) in [6.07, 6.45) is 6.97. The number of Topliss-reactive ketones (excluding diaryl/α,β-unsaturated/α-hetero) is 1. The molecule has 5 nitrogen and oxygen atoms in total. The van der Waals surface area contributed by atoms with E-state index in [1.165, 1.54) is 19.3 Å². The van der Waals surface area contributed by atoms with Gasteiger partial charge in [0.25, 0.3) is 0 Å². The van der Waals surface area contributed by atoms with Crippen molar-refractivity contribution in [3.05, 3.63) is 11.9 Å². The molecule has 1 heterocycles. The summed E-state index contributed by atoms with van der Waals surface area (Å²) < 4.78 is 12.6. The van der Waals surface area contributed by atoms with E-state index in [9.17, 15) is 4.79 Å². The second-order valence-corrected chi connectivity index (χ2v) is 5.32. The lowest BCUT2D eigenvalue weighted by Crippen LogP contribution is -2.35. The number of nitrogens with zero attached hydrogens (tertiary/aromatic N) is 2. The van der Waals surface area contributed by atoms with Gasteiger partial charge < -0.3 is 9.47 Å². The summed E-state index contributed by atoms with van der Waals surface area (Å²) in [5.74, 6) is 0.837. The highest BCUT2D eigenvalue weighted by molar-refractivity contribution is 6.00. The molecule has 0 radical (unpaired) electrons. The molecule has 2 rings (SSSR count). The minimum Gasteiger partial charge on any atom is -0.493 e. The molecule has 1 fully saturated rings. The molecule has 1 unspecified atom stereocenters. The minimum atomic E-state index is -0.371. The van der Waals surface area contributed by atoms with Crippen LogP contribution in [0.1, 0.15) is 49.5 Å². The summed E-state index contributed by atoms with van der Waals surface area (Å²) in [5.41, 5.74) is 0.511. The van der Waals surface area contributed by atoms with Crippen molar-refractivity contribution >= 4 is 5.78 Å². The number of carbonyl (C=O) groups is 1. The van der Waals surface area contributed by atoms with Crippen LogP contribution < -0.4 is 4.74 Å². The van der Waals surface area contributed by atoms with Gasteiger partial charge in [0.15, 0.2) is 5.75 Å². The standard InChI is InChI=1S/C15H24N2O3/c1-4-20-15(11-8-6-5-7-9-11)14(18)13-12(19-3)10-16-17(13)2/h10-11,15H,4-9H2,1-3H3. The second-order valence-electron chi connectivity index (χ2n) is 5.32. The lowest BCUT2D eigenvalue weighted by molar-refractivity contribution is 0.0118. The average Bonchev–Trinajstić information content (AvgIpc) is 2.86. The Hall–Kier alpha value is -1.36. The molecule has 1 aromatic rings. The largest absolute Gasteiger partial charge is 0.493 e. The van der Waals surface area contributed by atoms with Crippen LogP contribution in [-0.4, -0.2) is 35.4 Å². The molecule has 1 aliphatic rings. The van der Waals surface area contributed by atoms with Crippen molar-refractivity contribution < 1.29 is 14.3 Å². The van der Waals surface area contributed by atoms with Crippen LogP contribution in [-0.2, 0) is 11.8 Å². The van der Waals surface area contributed by atoms with E-state index in [-0.39, 0.29) is 11.9 Å². The number of hydrogen-bond donors (Lipinski definition) is 0. The van der Waals surface area contributed by atoms with Crippen LogP contribution in [0.5, 0.6) is 5.75 Å². The second kappa shape index (κ2) is 6.88. The van der Waals surface area contributed by atoms with Gasteiger partial charge in [0.1, 0.15) is 11.8 Å². The Labute approximate surface area is 120 Å². The van der Waals surface area contributed by atoms with Crippen LogP contribution in [0.2, 0.25) is 0 Å². The van der Waals surface area contributed by atoms with E-state index in [1.807, 2.05) is 6.92 Å². The summed E-state index contributed by atoms with van der Waals surface area (Å²) in [7, 11) is 3.32. The number of aryl methyl sites for hydroxylation is 1. The Bertz CT molecular complexity index is 450. The molecule has 1 saturated carbocycles. The van der Waals surface area contributed by atoms with E-state index in [0.717, 1.165) is 12.8 Å². The van der Waals surface area contributed by atoms with Crippen LogP contribution in [0.25, 0.3) is 0 Å². The number of rotatable bonds is 6. The maximum atomic E-state index is 12.8. The number of ether oxygens (including phenoxy) is 2. The van der Waals surface area contributed by atoms with Crippen molar-refractivity contribution in [3.63, 3.8) is 0 Å². The Morgan fingerprint density at radius 2 is 2.15 bits per heavy atom. The fourth-order valence-corrected chi connectivity index (χ4v) is 3.02. The smallest absolute Gasteiger partial charge is 0.213 e. The number of carbonyl (C=O) groups excluding carboxylic acids is 1. The van der Waals surface area contributed by atoms with Gasteiger partial charge in [-0.3, -0.25) is 9.48 Å². The fourth-order valence-electron chi connectivity index (χ4n) is 3.02. The van der Waals surface area contributed by atoms with E-state index in [0.29, 0.717) is 24.0 Å². The Balaban J connectivity index is 2.23. The molecule has 1 aromatic heterocycles. The third-order valence-corrected chi connectivity index (χ3v) is 4.04. The maximum Gasteiger partial charge on any atom is 0.213 e. The van der Waals surface area contributed by atoms with E-state index < -0.39 is 0 Å². The molecule has 0 N–H and O–H groups in total. The van der Waals surface area contributed by atoms with Crippen LogP contribution in [0, 0.1) is 5.92 Å². The van der Waals surface area contributed by atoms with E-state index in [1.54, 1.807) is 25.0 Å². The Morgan fingerprint density at radius 1 is 1.45 bits per heavy atom. The molecule has 20 heavy (non-hydrogen) atoms. The molecule has 5 heteroatoms. The summed E-state index contributed by atoms with van der Waals surface area (Å²) >= 11 is 0. The van der Waals surface area contributed by atoms with Crippen molar-refractivity contribution in [1.82, 2.24) is 9.78 Å². The molecular formula is C15H24N2O3. The van der Waals surface area contributed by atoms with Gasteiger partial charge in [0.05, 0.1) is 13.3 Å². The SMILES string of the molecule is CCOC(C(=O)c1c(OC)cnn1C)C1CCCCC1. The molecule has 112 valence electrons.